The van der Waals surface area contributed by atoms with Gasteiger partial charge in [0.15, 0.2) is 0 Å². The zero-order chi connectivity index (χ0) is 25.7. The molecule has 2 heteroatoms. The topological polar surface area (TPSA) is 0 Å². The molecule has 0 nitrogen and oxygen atoms in total. The van der Waals surface area contributed by atoms with E-state index in [1.54, 1.807) is 26.7 Å². The maximum Gasteiger partial charge on any atom is 0.118 e. The van der Waals surface area contributed by atoms with Crippen molar-refractivity contribution in [2.75, 3.05) is 0 Å². The van der Waals surface area contributed by atoms with Crippen molar-refractivity contribution in [3.05, 3.63) is 106 Å². The SMILES string of the molecule is CC1=C(C)C(C)([SiH](c2cc(C)cc([Si](C)(C)C)c2)c2c(C)cccc2C)C(c2ccccc2)=C1C. The molecule has 0 radical (unpaired) electrons. The second-order valence-electron chi connectivity index (χ2n) is 11.9. The van der Waals surface area contributed by atoms with Crippen LogP contribution in [0.3, 0.4) is 0 Å². The Morgan fingerprint density at radius 3 is 1.86 bits per heavy atom. The maximum absolute atomic E-state index is 2.62. The van der Waals surface area contributed by atoms with Crippen LogP contribution in [-0.2, 0) is 0 Å². The molecule has 3 aromatic carbocycles. The summed E-state index contributed by atoms with van der Waals surface area (Å²) < 4.78 is 0. The molecule has 0 bridgehead atoms. The Balaban J connectivity index is 2.12. The van der Waals surface area contributed by atoms with Gasteiger partial charge in [-0.1, -0.05) is 131 Å². The van der Waals surface area contributed by atoms with Crippen molar-refractivity contribution in [1.82, 2.24) is 0 Å². The van der Waals surface area contributed by atoms with Gasteiger partial charge in [0.25, 0.3) is 0 Å². The van der Waals surface area contributed by atoms with Crippen LogP contribution in [0.2, 0.25) is 24.7 Å². The van der Waals surface area contributed by atoms with Crippen LogP contribution in [0.15, 0.2) is 83.4 Å². The van der Waals surface area contributed by atoms with Crippen LogP contribution in [0, 0.1) is 20.8 Å². The summed E-state index contributed by atoms with van der Waals surface area (Å²) in [5.74, 6) is 0. The molecule has 0 heterocycles. The fourth-order valence-corrected chi connectivity index (χ4v) is 12.6. The van der Waals surface area contributed by atoms with Crippen LogP contribution in [0.25, 0.3) is 5.57 Å². The van der Waals surface area contributed by atoms with E-state index in [1.807, 2.05) is 0 Å². The van der Waals surface area contributed by atoms with E-state index in [4.69, 9.17) is 0 Å². The molecular weight excluding hydrogens is 453 g/mol. The number of benzene rings is 3. The summed E-state index contributed by atoms with van der Waals surface area (Å²) in [5.41, 5.74) is 11.7. The third-order valence-electron chi connectivity index (χ3n) is 8.57. The van der Waals surface area contributed by atoms with E-state index < -0.39 is 16.9 Å². The Kier molecular flexibility index (Phi) is 6.76. The molecule has 0 saturated heterocycles. The highest BCUT2D eigenvalue weighted by Gasteiger charge is 2.48. The summed E-state index contributed by atoms with van der Waals surface area (Å²) in [6.07, 6.45) is 0. The van der Waals surface area contributed by atoms with Gasteiger partial charge in [-0.25, -0.2) is 0 Å². The van der Waals surface area contributed by atoms with Crippen molar-refractivity contribution < 1.29 is 0 Å². The van der Waals surface area contributed by atoms with E-state index in [2.05, 4.69) is 135 Å². The molecule has 0 N–H and O–H groups in total. The number of hydrogen-bond donors (Lipinski definition) is 0. The fraction of sp³-hybridized carbons (Fsp3) is 0.333. The molecule has 1 aliphatic rings. The summed E-state index contributed by atoms with van der Waals surface area (Å²) in [5, 5.41) is 4.80. The first kappa shape index (κ1) is 25.7. The molecule has 4 rings (SSSR count). The maximum atomic E-state index is 2.62. The summed E-state index contributed by atoms with van der Waals surface area (Å²) in [6, 6.07) is 25.7. The highest BCUT2D eigenvalue weighted by molar-refractivity contribution is 6.92. The van der Waals surface area contributed by atoms with Crippen molar-refractivity contribution in [2.24, 2.45) is 0 Å². The molecule has 0 amide bonds. The van der Waals surface area contributed by atoms with Gasteiger partial charge in [-0.3, -0.25) is 0 Å². The summed E-state index contributed by atoms with van der Waals surface area (Å²) in [7, 11) is -3.24. The number of rotatable bonds is 5. The first-order valence-corrected chi connectivity index (χ1v) is 18.2. The number of aryl methyl sites for hydroxylation is 3. The molecule has 1 aliphatic carbocycles. The van der Waals surface area contributed by atoms with Crippen LogP contribution < -0.4 is 15.6 Å². The number of hydrogen-bond acceptors (Lipinski definition) is 0. The molecule has 2 unspecified atom stereocenters. The van der Waals surface area contributed by atoms with Crippen LogP contribution >= 0.6 is 0 Å². The van der Waals surface area contributed by atoms with Crippen molar-refractivity contribution in [1.29, 1.82) is 0 Å². The van der Waals surface area contributed by atoms with Gasteiger partial charge in [0, 0.05) is 5.04 Å². The van der Waals surface area contributed by atoms with E-state index in [9.17, 15) is 0 Å². The Morgan fingerprint density at radius 1 is 0.686 bits per heavy atom. The van der Waals surface area contributed by atoms with Gasteiger partial charge >= 0.3 is 0 Å². The van der Waals surface area contributed by atoms with Gasteiger partial charge in [-0.15, -0.1) is 0 Å². The largest absolute Gasteiger partial charge is 0.118 e. The van der Waals surface area contributed by atoms with Gasteiger partial charge in [0.05, 0.1) is 8.07 Å². The third kappa shape index (κ3) is 4.36. The second-order valence-corrected chi connectivity index (χ2v) is 20.3. The van der Waals surface area contributed by atoms with E-state index >= 15 is 0 Å². The van der Waals surface area contributed by atoms with E-state index in [0.29, 0.717) is 0 Å². The molecule has 3 aromatic rings. The van der Waals surface area contributed by atoms with Crippen molar-refractivity contribution >= 4 is 38.0 Å². The lowest BCUT2D eigenvalue weighted by Gasteiger charge is -2.41. The van der Waals surface area contributed by atoms with Crippen molar-refractivity contribution in [2.45, 2.75) is 73.1 Å². The van der Waals surface area contributed by atoms with Crippen molar-refractivity contribution in [3.63, 3.8) is 0 Å². The monoisotopic (exact) mass is 494 g/mol. The Morgan fingerprint density at radius 2 is 1.29 bits per heavy atom. The van der Waals surface area contributed by atoms with Crippen LogP contribution in [-0.4, -0.2) is 16.9 Å². The minimum absolute atomic E-state index is 0.00308. The molecule has 0 spiro atoms. The molecule has 0 saturated carbocycles. The third-order valence-corrected chi connectivity index (χ3v) is 15.0. The van der Waals surface area contributed by atoms with Crippen LogP contribution in [0.5, 0.6) is 0 Å². The lowest BCUT2D eigenvalue weighted by molar-refractivity contribution is 0.901. The minimum atomic E-state index is -1.78. The predicted octanol–water partition coefficient (Wildman–Crippen LogP) is 7.08. The molecule has 0 fully saturated rings. The van der Waals surface area contributed by atoms with E-state index in [-0.39, 0.29) is 5.04 Å². The second kappa shape index (κ2) is 9.22. The normalized spacial score (nSPS) is 19.5. The zero-order valence-electron chi connectivity index (χ0n) is 23.4. The predicted molar refractivity (Wildman–Crippen MR) is 162 cm³/mol. The van der Waals surface area contributed by atoms with E-state index in [1.165, 1.54) is 33.4 Å². The Labute approximate surface area is 216 Å². The summed E-state index contributed by atoms with van der Waals surface area (Å²) in [4.78, 5) is 0. The zero-order valence-corrected chi connectivity index (χ0v) is 25.6. The average Bonchev–Trinajstić information content (AvgIpc) is 2.96. The van der Waals surface area contributed by atoms with Crippen LogP contribution in [0.4, 0.5) is 0 Å². The lowest BCUT2D eigenvalue weighted by atomic mass is 9.90. The molecular formula is C33H42Si2. The Bertz CT molecular complexity index is 1320. The van der Waals surface area contributed by atoms with Gasteiger partial charge in [0.1, 0.15) is 8.80 Å². The average molecular weight is 495 g/mol. The quantitative estimate of drug-likeness (QED) is 0.332. The summed E-state index contributed by atoms with van der Waals surface area (Å²) in [6.45, 7) is 24.1. The standard InChI is InChI=1S/C33H42Si2/c1-22-19-29(21-30(20-22)35(8,9)10)34(32-23(2)15-14-16-24(32)3)33(7)27(6)25(4)26(5)31(33)28-17-12-11-13-18-28/h11-21,34H,1-10H3. The van der Waals surface area contributed by atoms with Gasteiger partial charge in [0.2, 0.25) is 0 Å². The Hall–Kier alpha value is -2.43. The first-order chi connectivity index (χ1) is 16.4. The highest BCUT2D eigenvalue weighted by atomic mass is 28.3. The molecule has 2 atom stereocenters. The minimum Gasteiger partial charge on any atom is -0.0656 e. The van der Waals surface area contributed by atoms with Gasteiger partial charge < -0.3 is 0 Å². The van der Waals surface area contributed by atoms with Gasteiger partial charge in [-0.2, -0.15) is 0 Å². The van der Waals surface area contributed by atoms with E-state index in [0.717, 1.165) is 0 Å². The molecule has 182 valence electrons. The van der Waals surface area contributed by atoms with Crippen molar-refractivity contribution in [3.8, 4) is 0 Å². The summed E-state index contributed by atoms with van der Waals surface area (Å²) >= 11 is 0. The number of allylic oxidation sites excluding steroid dienone is 4. The molecule has 0 aromatic heterocycles. The van der Waals surface area contributed by atoms with Crippen LogP contribution in [0.1, 0.15) is 49.9 Å². The first-order valence-electron chi connectivity index (χ1n) is 13.0. The molecule has 35 heavy (non-hydrogen) atoms. The smallest absolute Gasteiger partial charge is 0.0656 e. The fourth-order valence-electron chi connectivity index (χ4n) is 6.40. The molecule has 0 aliphatic heterocycles. The van der Waals surface area contributed by atoms with Gasteiger partial charge in [-0.05, 0) is 63.8 Å². The highest BCUT2D eigenvalue weighted by Crippen LogP contribution is 2.58. The lowest BCUT2D eigenvalue weighted by Crippen LogP contribution is -2.55.